The number of anilines is 1. The molecule has 16 heavy (non-hydrogen) atoms. The minimum Gasteiger partial charge on any atom is -0.383 e. The third kappa shape index (κ3) is 1.80. The molecule has 0 saturated heterocycles. The van der Waals surface area contributed by atoms with E-state index in [4.69, 9.17) is 5.73 Å². The summed E-state index contributed by atoms with van der Waals surface area (Å²) in [7, 11) is 0. The Morgan fingerprint density at radius 3 is 2.69 bits per heavy atom. The standard InChI is InChI=1S/C10H12BrN5/c1-6(2)9-8(11)10(12)16(15-9)7-3-4-13-5-14-7/h3-6H,12H2,1-2H3. The molecule has 2 aromatic rings. The van der Waals surface area contributed by atoms with Gasteiger partial charge in [-0.1, -0.05) is 13.8 Å². The van der Waals surface area contributed by atoms with Crippen molar-refractivity contribution in [2.75, 3.05) is 5.73 Å². The predicted molar refractivity (Wildman–Crippen MR) is 65.4 cm³/mol. The van der Waals surface area contributed by atoms with Crippen LogP contribution < -0.4 is 5.73 Å². The van der Waals surface area contributed by atoms with Gasteiger partial charge in [0.05, 0.1) is 10.2 Å². The molecule has 2 aromatic heterocycles. The molecule has 0 bridgehead atoms. The Kier molecular flexibility index (Phi) is 2.91. The van der Waals surface area contributed by atoms with E-state index in [0.717, 1.165) is 10.2 Å². The van der Waals surface area contributed by atoms with E-state index in [0.29, 0.717) is 17.6 Å². The van der Waals surface area contributed by atoms with Gasteiger partial charge in [-0.15, -0.1) is 0 Å². The molecule has 0 atom stereocenters. The summed E-state index contributed by atoms with van der Waals surface area (Å²) in [4.78, 5) is 7.97. The quantitative estimate of drug-likeness (QED) is 0.916. The van der Waals surface area contributed by atoms with Crippen LogP contribution in [0.25, 0.3) is 5.82 Å². The summed E-state index contributed by atoms with van der Waals surface area (Å²) in [5, 5.41) is 4.43. The van der Waals surface area contributed by atoms with E-state index in [1.165, 1.54) is 6.33 Å². The number of halogens is 1. The maximum atomic E-state index is 5.97. The van der Waals surface area contributed by atoms with E-state index in [-0.39, 0.29) is 0 Å². The largest absolute Gasteiger partial charge is 0.383 e. The van der Waals surface area contributed by atoms with Gasteiger partial charge in [-0.05, 0) is 21.8 Å². The van der Waals surface area contributed by atoms with Crippen molar-refractivity contribution >= 4 is 21.7 Å². The molecule has 2 N–H and O–H groups in total. The van der Waals surface area contributed by atoms with Crippen molar-refractivity contribution in [3.63, 3.8) is 0 Å². The Morgan fingerprint density at radius 1 is 1.44 bits per heavy atom. The van der Waals surface area contributed by atoms with E-state index < -0.39 is 0 Å². The first-order chi connectivity index (χ1) is 7.61. The average Bonchev–Trinajstić information content (AvgIpc) is 2.58. The Bertz CT molecular complexity index is 491. The first-order valence-electron chi connectivity index (χ1n) is 4.91. The number of hydrogen-bond donors (Lipinski definition) is 1. The summed E-state index contributed by atoms with van der Waals surface area (Å²) >= 11 is 3.45. The molecule has 0 fully saturated rings. The van der Waals surface area contributed by atoms with Crippen molar-refractivity contribution in [2.45, 2.75) is 19.8 Å². The molecule has 6 heteroatoms. The number of aromatic nitrogens is 4. The Balaban J connectivity index is 2.55. The molecule has 0 aliphatic heterocycles. The highest BCUT2D eigenvalue weighted by Crippen LogP contribution is 2.30. The molecule has 2 rings (SSSR count). The first kappa shape index (κ1) is 11.1. The molecule has 0 radical (unpaired) electrons. The molecule has 5 nitrogen and oxygen atoms in total. The van der Waals surface area contributed by atoms with Crippen LogP contribution in [0.4, 0.5) is 5.82 Å². The Labute approximate surface area is 102 Å². The lowest BCUT2D eigenvalue weighted by atomic mass is 10.1. The predicted octanol–water partition coefficient (Wildman–Crippen LogP) is 2.13. The fraction of sp³-hybridized carbons (Fsp3) is 0.300. The molecule has 0 aromatic carbocycles. The maximum absolute atomic E-state index is 5.97. The van der Waals surface area contributed by atoms with Gasteiger partial charge >= 0.3 is 0 Å². The molecular weight excluding hydrogens is 270 g/mol. The number of rotatable bonds is 2. The molecule has 0 unspecified atom stereocenters. The van der Waals surface area contributed by atoms with Gasteiger partial charge in [0.15, 0.2) is 5.82 Å². The molecular formula is C10H12BrN5. The van der Waals surface area contributed by atoms with Crippen LogP contribution >= 0.6 is 15.9 Å². The lowest BCUT2D eigenvalue weighted by molar-refractivity contribution is 0.757. The SMILES string of the molecule is CC(C)c1nn(-c2ccncn2)c(N)c1Br. The van der Waals surface area contributed by atoms with Crippen molar-refractivity contribution in [1.29, 1.82) is 0 Å². The lowest BCUT2D eigenvalue weighted by Crippen LogP contribution is -2.04. The summed E-state index contributed by atoms with van der Waals surface area (Å²) in [6, 6.07) is 1.76. The monoisotopic (exact) mass is 281 g/mol. The summed E-state index contributed by atoms with van der Waals surface area (Å²) < 4.78 is 2.45. The van der Waals surface area contributed by atoms with Crippen molar-refractivity contribution in [3.8, 4) is 5.82 Å². The number of nitrogens with two attached hydrogens (primary N) is 1. The highest BCUT2D eigenvalue weighted by Gasteiger charge is 2.17. The van der Waals surface area contributed by atoms with Crippen LogP contribution in [-0.2, 0) is 0 Å². The van der Waals surface area contributed by atoms with E-state index in [2.05, 4.69) is 44.8 Å². The highest BCUT2D eigenvalue weighted by molar-refractivity contribution is 9.10. The third-order valence-electron chi connectivity index (χ3n) is 2.22. The number of hydrogen-bond acceptors (Lipinski definition) is 4. The summed E-state index contributed by atoms with van der Waals surface area (Å²) in [5.41, 5.74) is 6.89. The molecule has 0 aliphatic carbocycles. The maximum Gasteiger partial charge on any atom is 0.159 e. The topological polar surface area (TPSA) is 69.6 Å². The van der Waals surface area contributed by atoms with Crippen LogP contribution in [-0.4, -0.2) is 19.7 Å². The van der Waals surface area contributed by atoms with Crippen LogP contribution in [0.1, 0.15) is 25.5 Å². The van der Waals surface area contributed by atoms with Gasteiger partial charge in [0, 0.05) is 12.3 Å². The number of nitrogen functional groups attached to an aromatic ring is 1. The van der Waals surface area contributed by atoms with Gasteiger partial charge in [-0.3, -0.25) is 0 Å². The fourth-order valence-corrected chi connectivity index (χ4v) is 2.09. The summed E-state index contributed by atoms with van der Waals surface area (Å²) in [5.74, 6) is 1.53. The smallest absolute Gasteiger partial charge is 0.159 e. The van der Waals surface area contributed by atoms with Crippen molar-refractivity contribution < 1.29 is 0 Å². The zero-order valence-electron chi connectivity index (χ0n) is 9.05. The Hall–Kier alpha value is -1.43. The van der Waals surface area contributed by atoms with Gasteiger partial charge < -0.3 is 5.73 Å². The average molecular weight is 282 g/mol. The minimum absolute atomic E-state index is 0.305. The van der Waals surface area contributed by atoms with Crippen LogP contribution in [0.3, 0.4) is 0 Å². The van der Waals surface area contributed by atoms with E-state index in [9.17, 15) is 0 Å². The van der Waals surface area contributed by atoms with E-state index in [1.807, 2.05) is 0 Å². The van der Waals surface area contributed by atoms with Gasteiger partial charge in [0.25, 0.3) is 0 Å². The van der Waals surface area contributed by atoms with Crippen LogP contribution in [0.5, 0.6) is 0 Å². The van der Waals surface area contributed by atoms with Gasteiger partial charge in [0.1, 0.15) is 12.1 Å². The Morgan fingerprint density at radius 2 is 2.19 bits per heavy atom. The second-order valence-electron chi connectivity index (χ2n) is 3.72. The third-order valence-corrected chi connectivity index (χ3v) is 3.03. The summed E-state index contributed by atoms with van der Waals surface area (Å²) in [6.07, 6.45) is 3.13. The molecule has 0 aliphatic rings. The lowest BCUT2D eigenvalue weighted by Gasteiger charge is -2.01. The number of nitrogens with zero attached hydrogens (tertiary/aromatic N) is 4. The van der Waals surface area contributed by atoms with Gasteiger partial charge in [-0.2, -0.15) is 9.78 Å². The second-order valence-corrected chi connectivity index (χ2v) is 4.51. The fourth-order valence-electron chi connectivity index (χ4n) is 1.38. The molecule has 2 heterocycles. The molecule has 84 valence electrons. The van der Waals surface area contributed by atoms with Crippen molar-refractivity contribution in [2.24, 2.45) is 0 Å². The van der Waals surface area contributed by atoms with Crippen LogP contribution in [0.15, 0.2) is 23.1 Å². The minimum atomic E-state index is 0.305. The van der Waals surface area contributed by atoms with Crippen LogP contribution in [0.2, 0.25) is 0 Å². The highest BCUT2D eigenvalue weighted by atomic mass is 79.9. The second kappa shape index (κ2) is 4.21. The molecule has 0 spiro atoms. The zero-order chi connectivity index (χ0) is 11.7. The molecule has 0 saturated carbocycles. The van der Waals surface area contributed by atoms with Gasteiger partial charge in [0.2, 0.25) is 0 Å². The first-order valence-corrected chi connectivity index (χ1v) is 5.71. The van der Waals surface area contributed by atoms with E-state index >= 15 is 0 Å². The van der Waals surface area contributed by atoms with E-state index in [1.54, 1.807) is 16.9 Å². The molecule has 0 amide bonds. The van der Waals surface area contributed by atoms with Crippen LogP contribution in [0, 0.1) is 0 Å². The summed E-state index contributed by atoms with van der Waals surface area (Å²) in [6.45, 7) is 4.13. The normalized spacial score (nSPS) is 11.0. The van der Waals surface area contributed by atoms with Crippen molar-refractivity contribution in [3.05, 3.63) is 28.8 Å². The van der Waals surface area contributed by atoms with Gasteiger partial charge in [-0.25, -0.2) is 9.97 Å². The zero-order valence-corrected chi connectivity index (χ0v) is 10.6. The van der Waals surface area contributed by atoms with Crippen molar-refractivity contribution in [1.82, 2.24) is 19.7 Å².